The molecule has 8 nitrogen and oxygen atoms in total. The normalized spacial score (nSPS) is 19.7. The van der Waals surface area contributed by atoms with E-state index >= 15 is 0 Å². The Morgan fingerprint density at radius 1 is 1.28 bits per heavy atom. The van der Waals surface area contributed by atoms with Gasteiger partial charge in [-0.2, -0.15) is 0 Å². The molecule has 1 aromatic heterocycles. The minimum Gasteiger partial charge on any atom is -0.502 e. The molecule has 2 aliphatic heterocycles. The summed E-state index contributed by atoms with van der Waals surface area (Å²) in [4.78, 5) is 42.4. The molecule has 170 valence electrons. The van der Waals surface area contributed by atoms with Crippen LogP contribution >= 0.6 is 9.24 Å². The predicted molar refractivity (Wildman–Crippen MR) is 126 cm³/mol. The molecule has 1 fully saturated rings. The molecule has 2 aliphatic rings. The van der Waals surface area contributed by atoms with Crippen LogP contribution in [0.2, 0.25) is 0 Å². The zero-order valence-corrected chi connectivity index (χ0v) is 20.0. The van der Waals surface area contributed by atoms with Crippen molar-refractivity contribution in [3.05, 3.63) is 57.0 Å². The lowest BCUT2D eigenvalue weighted by Gasteiger charge is -2.44. The van der Waals surface area contributed by atoms with Gasteiger partial charge in [-0.1, -0.05) is 18.2 Å². The van der Waals surface area contributed by atoms with Crippen LogP contribution < -0.4 is 15.7 Å². The molecule has 1 saturated heterocycles. The molecule has 9 heteroatoms. The van der Waals surface area contributed by atoms with Gasteiger partial charge in [0.05, 0.1) is 0 Å². The highest BCUT2D eigenvalue weighted by Gasteiger charge is 2.44. The van der Waals surface area contributed by atoms with E-state index in [0.717, 1.165) is 29.3 Å². The number of benzene rings is 1. The van der Waals surface area contributed by atoms with Gasteiger partial charge in [-0.25, -0.2) is 0 Å². The second-order valence-corrected chi connectivity index (χ2v) is 9.31. The van der Waals surface area contributed by atoms with Crippen molar-refractivity contribution in [3.63, 3.8) is 0 Å². The third kappa shape index (κ3) is 3.47. The fraction of sp³-hybridized carbons (Fsp3) is 0.435. The SMILES string of the molecule is CCN1C(=O)c2c(O)c(=O)c(C(=O)N(C)Cc3ccc(P)cc3C)cn2N2[C@H](C)CC[C@@H]12. The third-order valence-corrected chi connectivity index (χ3v) is 6.89. The van der Waals surface area contributed by atoms with Gasteiger partial charge in [-0.15, -0.1) is 9.24 Å². The number of fused-ring (bicyclic) bond motifs is 3. The van der Waals surface area contributed by atoms with Gasteiger partial charge < -0.3 is 14.9 Å². The number of hydrogen-bond donors (Lipinski definition) is 1. The highest BCUT2D eigenvalue weighted by atomic mass is 31.0. The number of nitrogens with zero attached hydrogens (tertiary/aromatic N) is 4. The number of amides is 2. The van der Waals surface area contributed by atoms with Gasteiger partial charge in [0.1, 0.15) is 11.7 Å². The van der Waals surface area contributed by atoms with Gasteiger partial charge in [0.25, 0.3) is 11.8 Å². The first-order valence-corrected chi connectivity index (χ1v) is 11.4. The number of aromatic hydroxyl groups is 1. The number of aryl methyl sites for hydroxylation is 1. The molecule has 0 saturated carbocycles. The summed E-state index contributed by atoms with van der Waals surface area (Å²) in [5, 5.41) is 13.8. The molecule has 0 bridgehead atoms. The predicted octanol–water partition coefficient (Wildman–Crippen LogP) is 1.56. The summed E-state index contributed by atoms with van der Waals surface area (Å²) in [5.74, 6) is -1.56. The molecule has 32 heavy (non-hydrogen) atoms. The zero-order chi connectivity index (χ0) is 23.3. The number of carbonyl (C=O) groups is 2. The van der Waals surface area contributed by atoms with Crippen LogP contribution in [0.25, 0.3) is 0 Å². The average molecular weight is 456 g/mol. The molecule has 2 aromatic rings. The van der Waals surface area contributed by atoms with Crippen molar-refractivity contribution in [1.82, 2.24) is 14.5 Å². The van der Waals surface area contributed by atoms with E-state index in [9.17, 15) is 19.5 Å². The minimum atomic E-state index is -0.820. The monoisotopic (exact) mass is 456 g/mol. The second-order valence-electron chi connectivity index (χ2n) is 8.64. The fourth-order valence-electron chi connectivity index (χ4n) is 4.78. The third-order valence-electron chi connectivity index (χ3n) is 6.53. The van der Waals surface area contributed by atoms with Crippen LogP contribution in [0.1, 0.15) is 58.7 Å². The zero-order valence-electron chi connectivity index (χ0n) is 18.8. The Morgan fingerprint density at radius 2 is 2.00 bits per heavy atom. The Kier molecular flexibility index (Phi) is 5.76. The summed E-state index contributed by atoms with van der Waals surface area (Å²) < 4.78 is 1.53. The Hall–Kier alpha value is -2.86. The quantitative estimate of drug-likeness (QED) is 0.706. The van der Waals surface area contributed by atoms with Crippen molar-refractivity contribution in [2.24, 2.45) is 0 Å². The molecular formula is C23H29N4O4P. The average Bonchev–Trinajstić information content (AvgIpc) is 3.13. The minimum absolute atomic E-state index is 0.0760. The molecule has 2 amide bonds. The highest BCUT2D eigenvalue weighted by molar-refractivity contribution is 7.27. The van der Waals surface area contributed by atoms with Crippen LogP contribution in [0, 0.1) is 6.92 Å². The molecule has 0 spiro atoms. The van der Waals surface area contributed by atoms with Crippen LogP contribution in [-0.4, -0.2) is 57.2 Å². The Bertz CT molecular complexity index is 1160. The van der Waals surface area contributed by atoms with Crippen LogP contribution in [0.4, 0.5) is 0 Å². The van der Waals surface area contributed by atoms with Crippen molar-refractivity contribution >= 4 is 26.4 Å². The van der Waals surface area contributed by atoms with E-state index < -0.39 is 23.0 Å². The summed E-state index contributed by atoms with van der Waals surface area (Å²) in [6.45, 7) is 6.68. The van der Waals surface area contributed by atoms with E-state index in [1.807, 2.05) is 44.0 Å². The summed E-state index contributed by atoms with van der Waals surface area (Å²) in [6, 6.07) is 6.01. The first kappa shape index (κ1) is 22.3. The van der Waals surface area contributed by atoms with Crippen molar-refractivity contribution in [1.29, 1.82) is 0 Å². The largest absolute Gasteiger partial charge is 0.502 e. The standard InChI is InChI=1S/C23H29N4O4P/c1-5-25-18-9-6-14(3)27(18)26-12-17(20(28)21(29)19(26)23(25)31)22(30)24(4)11-15-7-8-16(32)10-13(15)2/h7-8,10,12,14,18,29H,5-6,9,11,32H2,1-4H3/t14-,18+/m1/s1. The molecular weight excluding hydrogens is 427 g/mol. The van der Waals surface area contributed by atoms with Crippen molar-refractivity contribution < 1.29 is 14.7 Å². The summed E-state index contributed by atoms with van der Waals surface area (Å²) in [6.07, 6.45) is 2.93. The van der Waals surface area contributed by atoms with Gasteiger partial charge in [0.2, 0.25) is 5.43 Å². The van der Waals surface area contributed by atoms with Crippen LogP contribution in [0.3, 0.4) is 0 Å². The lowest BCUT2D eigenvalue weighted by Crippen LogP contribution is -2.60. The van der Waals surface area contributed by atoms with Crippen LogP contribution in [-0.2, 0) is 6.54 Å². The molecule has 4 rings (SSSR count). The number of pyridine rings is 1. The molecule has 1 unspecified atom stereocenters. The summed E-state index contributed by atoms with van der Waals surface area (Å²) in [7, 11) is 4.27. The van der Waals surface area contributed by atoms with Gasteiger partial charge in [-0.05, 0) is 50.0 Å². The summed E-state index contributed by atoms with van der Waals surface area (Å²) >= 11 is 0. The smallest absolute Gasteiger partial charge is 0.278 e. The Morgan fingerprint density at radius 3 is 2.66 bits per heavy atom. The highest BCUT2D eigenvalue weighted by Crippen LogP contribution is 2.33. The molecule has 3 atom stereocenters. The van der Waals surface area contributed by atoms with E-state index in [0.29, 0.717) is 13.1 Å². The maximum Gasteiger partial charge on any atom is 0.278 e. The molecule has 1 aromatic carbocycles. The van der Waals surface area contributed by atoms with Crippen LogP contribution in [0.15, 0.2) is 29.2 Å². The van der Waals surface area contributed by atoms with Gasteiger partial charge in [-0.3, -0.25) is 24.1 Å². The van der Waals surface area contributed by atoms with E-state index in [-0.39, 0.29) is 23.5 Å². The lowest BCUT2D eigenvalue weighted by molar-refractivity contribution is 0.0598. The second kappa shape index (κ2) is 8.24. The lowest BCUT2D eigenvalue weighted by atomic mass is 10.1. The van der Waals surface area contributed by atoms with E-state index in [1.165, 1.54) is 15.8 Å². The fourth-order valence-corrected chi connectivity index (χ4v) is 5.13. The van der Waals surface area contributed by atoms with E-state index in [4.69, 9.17) is 0 Å². The first-order chi connectivity index (χ1) is 15.1. The number of rotatable bonds is 4. The van der Waals surface area contributed by atoms with E-state index in [2.05, 4.69) is 9.24 Å². The number of hydrogen-bond acceptors (Lipinski definition) is 5. The first-order valence-electron chi connectivity index (χ1n) is 10.8. The van der Waals surface area contributed by atoms with Crippen molar-refractivity contribution in [2.75, 3.05) is 18.6 Å². The topological polar surface area (TPSA) is 86.1 Å². The maximum atomic E-state index is 13.2. The molecule has 1 N–H and O–H groups in total. The van der Waals surface area contributed by atoms with Gasteiger partial charge >= 0.3 is 0 Å². The Labute approximate surface area is 189 Å². The van der Waals surface area contributed by atoms with Crippen LogP contribution in [0.5, 0.6) is 5.75 Å². The summed E-state index contributed by atoms with van der Waals surface area (Å²) in [5.41, 5.74) is 0.968. The van der Waals surface area contributed by atoms with Crippen molar-refractivity contribution in [2.45, 2.75) is 52.4 Å². The van der Waals surface area contributed by atoms with E-state index in [1.54, 1.807) is 11.9 Å². The molecule has 3 heterocycles. The van der Waals surface area contributed by atoms with Gasteiger partial charge in [0, 0.05) is 32.4 Å². The Balaban J connectivity index is 1.75. The van der Waals surface area contributed by atoms with Gasteiger partial charge in [0.15, 0.2) is 11.4 Å². The number of aromatic nitrogens is 1. The number of carbonyl (C=O) groups excluding carboxylic acids is 2. The molecule has 0 radical (unpaired) electrons. The van der Waals surface area contributed by atoms with Crippen molar-refractivity contribution in [3.8, 4) is 5.75 Å². The molecule has 0 aliphatic carbocycles. The maximum absolute atomic E-state index is 13.2.